The van der Waals surface area contributed by atoms with Crippen molar-refractivity contribution in [1.82, 2.24) is 14.7 Å². The van der Waals surface area contributed by atoms with Crippen molar-refractivity contribution in [3.8, 4) is 5.69 Å². The van der Waals surface area contributed by atoms with Crippen molar-refractivity contribution in [2.24, 2.45) is 5.92 Å². The third-order valence-electron chi connectivity index (χ3n) is 3.97. The Kier molecular flexibility index (Phi) is 4.45. The predicted octanol–water partition coefficient (Wildman–Crippen LogP) is 2.37. The van der Waals surface area contributed by atoms with Crippen LogP contribution in [0.1, 0.15) is 23.3 Å². The highest BCUT2D eigenvalue weighted by Crippen LogP contribution is 2.21. The van der Waals surface area contributed by atoms with Gasteiger partial charge in [-0.2, -0.15) is 5.10 Å². The number of amides is 1. The Morgan fingerprint density at radius 2 is 2.18 bits per heavy atom. The topological polar surface area (TPSA) is 58.4 Å². The smallest absolute Gasteiger partial charge is 0.274 e. The molecule has 2 aromatic rings. The van der Waals surface area contributed by atoms with Crippen LogP contribution in [0.5, 0.6) is 0 Å². The number of carbonyl (C=O) groups is 1. The van der Waals surface area contributed by atoms with E-state index in [9.17, 15) is 9.90 Å². The fourth-order valence-corrected chi connectivity index (χ4v) is 2.99. The number of aliphatic hydroxyl groups excluding tert-OH is 1. The van der Waals surface area contributed by atoms with E-state index in [-0.39, 0.29) is 18.4 Å². The largest absolute Gasteiger partial charge is 0.396 e. The second-order valence-corrected chi connectivity index (χ2v) is 5.95. The van der Waals surface area contributed by atoms with Crippen LogP contribution in [0, 0.1) is 5.92 Å². The summed E-state index contributed by atoms with van der Waals surface area (Å²) in [7, 11) is 0. The number of aromatic nitrogens is 2. The zero-order chi connectivity index (χ0) is 15.5. The van der Waals surface area contributed by atoms with Gasteiger partial charge in [-0.25, -0.2) is 4.68 Å². The maximum absolute atomic E-state index is 12.5. The lowest BCUT2D eigenvalue weighted by molar-refractivity contribution is 0.0614. The number of benzene rings is 1. The Morgan fingerprint density at radius 3 is 2.95 bits per heavy atom. The molecule has 1 atom stereocenters. The van der Waals surface area contributed by atoms with Gasteiger partial charge in [0.25, 0.3) is 5.91 Å². The van der Waals surface area contributed by atoms with Crippen molar-refractivity contribution < 1.29 is 9.90 Å². The van der Waals surface area contributed by atoms with E-state index in [1.165, 1.54) is 0 Å². The number of nitrogens with zero attached hydrogens (tertiary/aromatic N) is 3. The number of aliphatic hydroxyl groups is 1. The Bertz CT molecular complexity index is 671. The van der Waals surface area contributed by atoms with E-state index in [1.807, 2.05) is 18.2 Å². The van der Waals surface area contributed by atoms with Gasteiger partial charge in [-0.3, -0.25) is 4.79 Å². The summed E-state index contributed by atoms with van der Waals surface area (Å²) in [6.07, 6.45) is 3.62. The van der Waals surface area contributed by atoms with Crippen molar-refractivity contribution in [3.05, 3.63) is 47.2 Å². The number of likely N-dealkylation sites (tertiary alicyclic amines) is 1. The molecule has 1 N–H and O–H groups in total. The summed E-state index contributed by atoms with van der Waals surface area (Å²) < 4.78 is 1.61. The number of rotatable bonds is 3. The van der Waals surface area contributed by atoms with Gasteiger partial charge in [0.15, 0.2) is 5.69 Å². The Labute approximate surface area is 134 Å². The molecule has 1 saturated heterocycles. The molecule has 0 bridgehead atoms. The van der Waals surface area contributed by atoms with E-state index in [0.29, 0.717) is 23.8 Å². The molecule has 1 aliphatic rings. The molecule has 0 saturated carbocycles. The number of piperidine rings is 1. The molecule has 0 aliphatic carbocycles. The number of para-hydroxylation sites is 1. The lowest BCUT2D eigenvalue weighted by atomic mass is 9.99. The number of hydrogen-bond acceptors (Lipinski definition) is 3. The first-order chi connectivity index (χ1) is 10.7. The molecule has 0 spiro atoms. The van der Waals surface area contributed by atoms with Gasteiger partial charge in [0.05, 0.1) is 10.7 Å². The van der Waals surface area contributed by atoms with Crippen LogP contribution in [0.3, 0.4) is 0 Å². The van der Waals surface area contributed by atoms with E-state index in [0.717, 1.165) is 18.5 Å². The molecule has 1 fully saturated rings. The number of carbonyl (C=O) groups excluding carboxylic acids is 1. The van der Waals surface area contributed by atoms with Gasteiger partial charge in [-0.15, -0.1) is 0 Å². The highest BCUT2D eigenvalue weighted by molar-refractivity contribution is 6.32. The summed E-state index contributed by atoms with van der Waals surface area (Å²) in [6, 6.07) is 9.07. The average molecular weight is 320 g/mol. The molecule has 6 heteroatoms. The summed E-state index contributed by atoms with van der Waals surface area (Å²) in [4.78, 5) is 14.3. The van der Waals surface area contributed by atoms with Crippen LogP contribution < -0.4 is 0 Å². The molecule has 0 radical (unpaired) electrons. The van der Waals surface area contributed by atoms with Gasteiger partial charge in [0.2, 0.25) is 0 Å². The standard InChI is InChI=1S/C16H18ClN3O2/c17-13-5-1-2-6-15(13)20-9-7-14(18-20)16(22)19-8-3-4-12(10-19)11-21/h1-2,5-7,9,12,21H,3-4,8,10-11H2. The summed E-state index contributed by atoms with van der Waals surface area (Å²) in [6.45, 7) is 1.43. The van der Waals surface area contributed by atoms with Crippen molar-refractivity contribution >= 4 is 17.5 Å². The second kappa shape index (κ2) is 6.50. The molecule has 22 heavy (non-hydrogen) atoms. The van der Waals surface area contributed by atoms with Crippen LogP contribution in [-0.2, 0) is 0 Å². The van der Waals surface area contributed by atoms with Crippen LogP contribution >= 0.6 is 11.6 Å². The fourth-order valence-electron chi connectivity index (χ4n) is 2.77. The summed E-state index contributed by atoms with van der Waals surface area (Å²) in [5.74, 6) is 0.0762. The van der Waals surface area contributed by atoms with Crippen molar-refractivity contribution in [2.45, 2.75) is 12.8 Å². The molecule has 1 aromatic carbocycles. The lowest BCUT2D eigenvalue weighted by Crippen LogP contribution is -2.41. The van der Waals surface area contributed by atoms with E-state index in [1.54, 1.807) is 27.9 Å². The van der Waals surface area contributed by atoms with Crippen molar-refractivity contribution in [1.29, 1.82) is 0 Å². The third-order valence-corrected chi connectivity index (χ3v) is 4.29. The SMILES string of the molecule is O=C(c1ccn(-c2ccccc2Cl)n1)N1CCCC(CO)C1. The molecule has 3 rings (SSSR count). The van der Waals surface area contributed by atoms with E-state index in [4.69, 9.17) is 11.6 Å². The molecular formula is C16H18ClN3O2. The number of hydrogen-bond donors (Lipinski definition) is 1. The first-order valence-electron chi connectivity index (χ1n) is 7.39. The zero-order valence-electron chi connectivity index (χ0n) is 12.2. The summed E-state index contributed by atoms with van der Waals surface area (Å²) >= 11 is 6.15. The van der Waals surface area contributed by atoms with Gasteiger partial charge >= 0.3 is 0 Å². The van der Waals surface area contributed by atoms with Gasteiger partial charge < -0.3 is 10.0 Å². The molecule has 1 unspecified atom stereocenters. The Hall–Kier alpha value is -1.85. The molecule has 1 aliphatic heterocycles. The van der Waals surface area contributed by atoms with E-state index >= 15 is 0 Å². The monoisotopic (exact) mass is 319 g/mol. The summed E-state index contributed by atoms with van der Waals surface area (Å²) in [5, 5.41) is 14.2. The van der Waals surface area contributed by atoms with E-state index < -0.39 is 0 Å². The minimum absolute atomic E-state index is 0.0936. The third kappa shape index (κ3) is 3.00. The first kappa shape index (κ1) is 15.1. The molecule has 2 heterocycles. The highest BCUT2D eigenvalue weighted by Gasteiger charge is 2.25. The summed E-state index contributed by atoms with van der Waals surface area (Å²) in [5.41, 5.74) is 1.15. The minimum Gasteiger partial charge on any atom is -0.396 e. The Morgan fingerprint density at radius 1 is 1.36 bits per heavy atom. The van der Waals surface area contributed by atoms with Gasteiger partial charge in [-0.05, 0) is 37.0 Å². The number of halogens is 1. The van der Waals surface area contributed by atoms with Crippen molar-refractivity contribution in [2.75, 3.05) is 19.7 Å². The molecule has 116 valence electrons. The van der Waals surface area contributed by atoms with E-state index in [2.05, 4.69) is 5.10 Å². The quantitative estimate of drug-likeness (QED) is 0.945. The fraction of sp³-hybridized carbons (Fsp3) is 0.375. The average Bonchev–Trinajstić information content (AvgIpc) is 3.04. The van der Waals surface area contributed by atoms with Gasteiger partial charge in [-0.1, -0.05) is 23.7 Å². The van der Waals surface area contributed by atoms with Gasteiger partial charge in [0, 0.05) is 25.9 Å². The predicted molar refractivity (Wildman–Crippen MR) is 84.3 cm³/mol. The molecular weight excluding hydrogens is 302 g/mol. The molecule has 1 amide bonds. The maximum atomic E-state index is 12.5. The maximum Gasteiger partial charge on any atom is 0.274 e. The minimum atomic E-state index is -0.0936. The second-order valence-electron chi connectivity index (χ2n) is 5.54. The van der Waals surface area contributed by atoms with Gasteiger partial charge in [0.1, 0.15) is 0 Å². The van der Waals surface area contributed by atoms with Crippen LogP contribution in [-0.4, -0.2) is 45.4 Å². The normalized spacial score (nSPS) is 18.5. The van der Waals surface area contributed by atoms with Crippen LogP contribution in [0.4, 0.5) is 0 Å². The van der Waals surface area contributed by atoms with Crippen LogP contribution in [0.15, 0.2) is 36.5 Å². The zero-order valence-corrected chi connectivity index (χ0v) is 12.9. The van der Waals surface area contributed by atoms with Crippen LogP contribution in [0.2, 0.25) is 5.02 Å². The highest BCUT2D eigenvalue weighted by atomic mass is 35.5. The molecule has 5 nitrogen and oxygen atoms in total. The van der Waals surface area contributed by atoms with Crippen LogP contribution in [0.25, 0.3) is 5.69 Å². The Balaban J connectivity index is 1.79. The first-order valence-corrected chi connectivity index (χ1v) is 7.77. The molecule has 1 aromatic heterocycles. The van der Waals surface area contributed by atoms with Crippen molar-refractivity contribution in [3.63, 3.8) is 0 Å². The lowest BCUT2D eigenvalue weighted by Gasteiger charge is -2.31.